The van der Waals surface area contributed by atoms with Gasteiger partial charge in [0, 0.05) is 24.4 Å². The van der Waals surface area contributed by atoms with Crippen LogP contribution in [0.5, 0.6) is 5.75 Å². The summed E-state index contributed by atoms with van der Waals surface area (Å²) in [5, 5.41) is 14.8. The molecule has 0 saturated carbocycles. The van der Waals surface area contributed by atoms with Crippen LogP contribution in [0.3, 0.4) is 0 Å². The zero-order valence-electron chi connectivity index (χ0n) is 19.7. The molecule has 0 radical (unpaired) electrons. The summed E-state index contributed by atoms with van der Waals surface area (Å²) in [5.41, 5.74) is 1.35. The zero-order chi connectivity index (χ0) is 25.5. The number of halogens is 2. The number of dihydropyridines is 1. The lowest BCUT2D eigenvalue weighted by molar-refractivity contribution is -0.431. The summed E-state index contributed by atoms with van der Waals surface area (Å²) in [4.78, 5) is 26.5. The quantitative estimate of drug-likeness (QED) is 0.301. The van der Waals surface area contributed by atoms with Crippen molar-refractivity contribution in [1.29, 1.82) is 0 Å². The van der Waals surface area contributed by atoms with Crippen LogP contribution in [0, 0.1) is 10.1 Å². The smallest absolute Gasteiger partial charge is 0.387 e. The molecule has 8 nitrogen and oxygen atoms in total. The molecule has 0 aromatic heterocycles. The predicted octanol–water partition coefficient (Wildman–Crippen LogP) is 4.43. The molecule has 0 amide bonds. The fraction of sp³-hybridized carbons (Fsp3) is 0.320. The van der Waals surface area contributed by atoms with Gasteiger partial charge in [-0.05, 0) is 32.5 Å². The third-order valence-corrected chi connectivity index (χ3v) is 5.59. The number of alkyl halides is 2. The third-order valence-electron chi connectivity index (χ3n) is 5.59. The SMILES string of the molecule is CC1=C(C(=O)OCCN(C)Cc2ccccc2)C(c2ccccc2OC(F)F)C([N+](=O)[O-])=C(C)N1. The molecule has 3 rings (SSSR count). The summed E-state index contributed by atoms with van der Waals surface area (Å²) in [7, 11) is 1.88. The molecule has 0 bridgehead atoms. The van der Waals surface area contributed by atoms with Crippen molar-refractivity contribution in [3.8, 4) is 5.75 Å². The number of esters is 1. The number of hydrogen-bond acceptors (Lipinski definition) is 7. The van der Waals surface area contributed by atoms with E-state index in [1.807, 2.05) is 42.3 Å². The molecule has 1 heterocycles. The second-order valence-corrected chi connectivity index (χ2v) is 8.14. The van der Waals surface area contributed by atoms with Crippen molar-refractivity contribution in [1.82, 2.24) is 10.2 Å². The Hall–Kier alpha value is -3.79. The number of para-hydroxylation sites is 1. The van der Waals surface area contributed by atoms with Gasteiger partial charge in [-0.3, -0.25) is 15.0 Å². The summed E-state index contributed by atoms with van der Waals surface area (Å²) >= 11 is 0. The van der Waals surface area contributed by atoms with E-state index in [0.29, 0.717) is 18.8 Å². The fourth-order valence-electron chi connectivity index (χ4n) is 4.07. The lowest BCUT2D eigenvalue weighted by Crippen LogP contribution is -2.33. The number of nitrogens with one attached hydrogen (secondary N) is 1. The Morgan fingerprint density at radius 1 is 1.11 bits per heavy atom. The molecule has 0 saturated heterocycles. The van der Waals surface area contributed by atoms with Gasteiger partial charge >= 0.3 is 12.6 Å². The Labute approximate surface area is 202 Å². The number of carbonyl (C=O) groups excluding carboxylic acids is 1. The van der Waals surface area contributed by atoms with Gasteiger partial charge in [0.2, 0.25) is 0 Å². The highest BCUT2D eigenvalue weighted by molar-refractivity contribution is 5.92. The number of carbonyl (C=O) groups is 1. The van der Waals surface area contributed by atoms with Crippen molar-refractivity contribution in [2.45, 2.75) is 32.9 Å². The van der Waals surface area contributed by atoms with Crippen LogP contribution >= 0.6 is 0 Å². The second kappa shape index (κ2) is 11.6. The Bertz CT molecular complexity index is 1130. The van der Waals surface area contributed by atoms with E-state index in [2.05, 4.69) is 10.1 Å². The van der Waals surface area contributed by atoms with Crippen molar-refractivity contribution in [3.05, 3.63) is 98.5 Å². The van der Waals surface area contributed by atoms with Crippen LogP contribution in [-0.2, 0) is 16.1 Å². The van der Waals surface area contributed by atoms with Crippen molar-refractivity contribution in [2.75, 3.05) is 20.2 Å². The number of nitro groups is 1. The van der Waals surface area contributed by atoms with Gasteiger partial charge in [-0.2, -0.15) is 8.78 Å². The van der Waals surface area contributed by atoms with E-state index in [1.54, 1.807) is 13.0 Å². The number of allylic oxidation sites excluding steroid dienone is 3. The van der Waals surface area contributed by atoms with Crippen molar-refractivity contribution in [2.24, 2.45) is 0 Å². The minimum Gasteiger partial charge on any atom is -0.461 e. The van der Waals surface area contributed by atoms with Gasteiger partial charge in [-0.1, -0.05) is 48.5 Å². The van der Waals surface area contributed by atoms with Crippen molar-refractivity contribution < 1.29 is 28.0 Å². The van der Waals surface area contributed by atoms with Crippen LogP contribution in [0.15, 0.2) is 77.3 Å². The number of rotatable bonds is 10. The summed E-state index contributed by atoms with van der Waals surface area (Å²) in [6, 6.07) is 15.5. The van der Waals surface area contributed by atoms with Crippen LogP contribution in [0.1, 0.15) is 30.9 Å². The molecule has 1 N–H and O–H groups in total. The molecule has 0 spiro atoms. The van der Waals surface area contributed by atoms with Gasteiger partial charge < -0.3 is 14.8 Å². The standard InChI is InChI=1S/C25H27F2N3O5/c1-16-21(24(31)34-14-13-29(3)15-18-9-5-4-6-10-18)22(23(30(32)33)17(2)28-16)19-11-7-8-12-20(19)35-25(26)27/h4-12,22,25,28H,13-15H2,1-3H3. The van der Waals surface area contributed by atoms with Gasteiger partial charge in [0.1, 0.15) is 18.3 Å². The maximum absolute atomic E-state index is 13.2. The predicted molar refractivity (Wildman–Crippen MR) is 125 cm³/mol. The maximum Gasteiger partial charge on any atom is 0.387 e. The molecule has 2 aromatic carbocycles. The fourth-order valence-corrected chi connectivity index (χ4v) is 4.07. The Morgan fingerprint density at radius 2 is 1.77 bits per heavy atom. The maximum atomic E-state index is 13.2. The van der Waals surface area contributed by atoms with E-state index in [4.69, 9.17) is 4.74 Å². The number of nitrogens with zero attached hydrogens (tertiary/aromatic N) is 2. The Kier molecular flexibility index (Phi) is 8.53. The molecule has 186 valence electrons. The summed E-state index contributed by atoms with van der Waals surface area (Å²) < 4.78 is 36.2. The van der Waals surface area contributed by atoms with Crippen LogP contribution in [-0.4, -0.2) is 42.6 Å². The van der Waals surface area contributed by atoms with E-state index in [-0.39, 0.29) is 34.9 Å². The topological polar surface area (TPSA) is 93.9 Å². The molecule has 35 heavy (non-hydrogen) atoms. The largest absolute Gasteiger partial charge is 0.461 e. The molecular formula is C25H27F2N3O5. The molecular weight excluding hydrogens is 460 g/mol. The second-order valence-electron chi connectivity index (χ2n) is 8.14. The molecule has 1 aliphatic heterocycles. The van der Waals surface area contributed by atoms with E-state index in [1.165, 1.54) is 25.1 Å². The first-order valence-electron chi connectivity index (χ1n) is 10.9. The number of benzene rings is 2. The zero-order valence-corrected chi connectivity index (χ0v) is 19.7. The first-order chi connectivity index (χ1) is 16.7. The lowest BCUT2D eigenvalue weighted by Gasteiger charge is -2.27. The summed E-state index contributed by atoms with van der Waals surface area (Å²) in [6.45, 7) is 1.05. The molecule has 0 aliphatic carbocycles. The lowest BCUT2D eigenvalue weighted by atomic mass is 9.83. The van der Waals surface area contributed by atoms with E-state index < -0.39 is 23.4 Å². The number of hydrogen-bond donors (Lipinski definition) is 1. The van der Waals surface area contributed by atoms with E-state index >= 15 is 0 Å². The highest BCUT2D eigenvalue weighted by atomic mass is 19.3. The number of likely N-dealkylation sites (N-methyl/N-ethyl adjacent to an activating group) is 1. The number of ether oxygens (including phenoxy) is 2. The molecule has 1 atom stereocenters. The van der Waals surface area contributed by atoms with Crippen molar-refractivity contribution >= 4 is 5.97 Å². The molecule has 1 aliphatic rings. The minimum atomic E-state index is -3.14. The Balaban J connectivity index is 1.84. The van der Waals surface area contributed by atoms with Crippen LogP contribution in [0.25, 0.3) is 0 Å². The van der Waals surface area contributed by atoms with Crippen LogP contribution in [0.2, 0.25) is 0 Å². The first kappa shape index (κ1) is 25.8. The van der Waals surface area contributed by atoms with Gasteiger partial charge in [0.25, 0.3) is 5.70 Å². The Morgan fingerprint density at radius 3 is 2.43 bits per heavy atom. The first-order valence-corrected chi connectivity index (χ1v) is 10.9. The van der Waals surface area contributed by atoms with Crippen molar-refractivity contribution in [3.63, 3.8) is 0 Å². The summed E-state index contributed by atoms with van der Waals surface area (Å²) in [6.07, 6.45) is 0. The van der Waals surface area contributed by atoms with Gasteiger partial charge in [-0.15, -0.1) is 0 Å². The normalized spacial score (nSPS) is 15.9. The van der Waals surface area contributed by atoms with Crippen LogP contribution < -0.4 is 10.1 Å². The van der Waals surface area contributed by atoms with E-state index in [9.17, 15) is 23.7 Å². The third kappa shape index (κ3) is 6.42. The average molecular weight is 488 g/mol. The molecule has 1 unspecified atom stereocenters. The summed E-state index contributed by atoms with van der Waals surface area (Å²) in [5.74, 6) is -2.27. The van der Waals surface area contributed by atoms with Crippen LogP contribution in [0.4, 0.5) is 8.78 Å². The average Bonchev–Trinajstić information content (AvgIpc) is 2.78. The van der Waals surface area contributed by atoms with Gasteiger partial charge in [-0.25, -0.2) is 4.79 Å². The highest BCUT2D eigenvalue weighted by Crippen LogP contribution is 2.42. The minimum absolute atomic E-state index is 0.0293. The molecule has 0 fully saturated rings. The highest BCUT2D eigenvalue weighted by Gasteiger charge is 2.42. The molecule has 10 heteroatoms. The van der Waals surface area contributed by atoms with Gasteiger partial charge in [0.15, 0.2) is 0 Å². The monoisotopic (exact) mass is 487 g/mol. The van der Waals surface area contributed by atoms with Gasteiger partial charge in [0.05, 0.1) is 16.2 Å². The molecule has 2 aromatic rings. The van der Waals surface area contributed by atoms with E-state index in [0.717, 1.165) is 5.56 Å².